The fraction of sp³-hybridized carbons (Fsp3) is 0.238. The van der Waals surface area contributed by atoms with Crippen LogP contribution in [0, 0.1) is 20.8 Å². The molecule has 3 rings (SSSR count). The first-order valence-corrected chi connectivity index (χ1v) is 8.67. The largest absolute Gasteiger partial charge is 0.497 e. The third-order valence-corrected chi connectivity index (χ3v) is 4.24. The van der Waals surface area contributed by atoms with Crippen LogP contribution in [-0.2, 0) is 0 Å². The minimum Gasteiger partial charge on any atom is -0.497 e. The first-order valence-electron chi connectivity index (χ1n) is 8.67. The second-order valence-corrected chi connectivity index (χ2v) is 6.36. The normalized spacial score (nSPS) is 10.4. The van der Waals surface area contributed by atoms with Gasteiger partial charge in [0.2, 0.25) is 5.95 Å². The van der Waals surface area contributed by atoms with E-state index in [0.29, 0.717) is 17.5 Å². The number of aromatic nitrogens is 2. The summed E-state index contributed by atoms with van der Waals surface area (Å²) in [5.74, 6) is 2.61. The van der Waals surface area contributed by atoms with Crippen molar-refractivity contribution >= 4 is 23.1 Å². The molecule has 27 heavy (non-hydrogen) atoms. The Morgan fingerprint density at radius 2 is 1.59 bits per heavy atom. The minimum atomic E-state index is 0.525. The van der Waals surface area contributed by atoms with E-state index in [1.807, 2.05) is 18.2 Å². The number of nitrogens with one attached hydrogen (secondary N) is 2. The molecule has 0 atom stereocenters. The van der Waals surface area contributed by atoms with Crippen molar-refractivity contribution in [1.29, 1.82) is 0 Å². The standard InChI is InChI=1S/C21H24N4O2/c1-13-10-14(2)20(15(3)11-13)25-21-22-9-8-19(24-21)23-17-12-16(26-4)6-7-18(17)27-5/h6-12H,1-5H3,(H2,22,23,24,25). The average molecular weight is 364 g/mol. The zero-order chi connectivity index (χ0) is 19.4. The summed E-state index contributed by atoms with van der Waals surface area (Å²) in [5, 5.41) is 6.59. The molecule has 0 spiro atoms. The highest BCUT2D eigenvalue weighted by molar-refractivity contribution is 5.68. The Morgan fingerprint density at radius 3 is 2.26 bits per heavy atom. The first kappa shape index (κ1) is 18.5. The smallest absolute Gasteiger partial charge is 0.229 e. The van der Waals surface area contributed by atoms with Crippen LogP contribution < -0.4 is 20.1 Å². The summed E-state index contributed by atoms with van der Waals surface area (Å²) in [7, 11) is 3.26. The van der Waals surface area contributed by atoms with Crippen LogP contribution >= 0.6 is 0 Å². The Morgan fingerprint density at radius 1 is 0.852 bits per heavy atom. The average Bonchev–Trinajstić information content (AvgIpc) is 2.65. The van der Waals surface area contributed by atoms with Gasteiger partial charge < -0.3 is 20.1 Å². The fourth-order valence-corrected chi connectivity index (χ4v) is 3.03. The number of hydrogen-bond acceptors (Lipinski definition) is 6. The number of nitrogens with zero attached hydrogens (tertiary/aromatic N) is 2. The third-order valence-electron chi connectivity index (χ3n) is 4.24. The summed E-state index contributed by atoms with van der Waals surface area (Å²) in [4.78, 5) is 8.91. The van der Waals surface area contributed by atoms with Gasteiger partial charge in [-0.3, -0.25) is 0 Å². The predicted octanol–water partition coefficient (Wildman–Crippen LogP) is 4.91. The molecule has 0 saturated carbocycles. The van der Waals surface area contributed by atoms with Crippen molar-refractivity contribution in [2.75, 3.05) is 24.9 Å². The molecule has 2 N–H and O–H groups in total. The second-order valence-electron chi connectivity index (χ2n) is 6.36. The van der Waals surface area contributed by atoms with Gasteiger partial charge >= 0.3 is 0 Å². The quantitative estimate of drug-likeness (QED) is 0.648. The van der Waals surface area contributed by atoms with Gasteiger partial charge in [-0.1, -0.05) is 17.7 Å². The van der Waals surface area contributed by atoms with Crippen molar-refractivity contribution in [3.05, 3.63) is 59.3 Å². The number of benzene rings is 2. The maximum atomic E-state index is 5.41. The van der Waals surface area contributed by atoms with Crippen molar-refractivity contribution in [2.24, 2.45) is 0 Å². The molecule has 0 fully saturated rings. The summed E-state index contributed by atoms with van der Waals surface area (Å²) in [6, 6.07) is 11.6. The maximum Gasteiger partial charge on any atom is 0.229 e. The van der Waals surface area contributed by atoms with E-state index in [9.17, 15) is 0 Å². The molecule has 0 saturated heterocycles. The van der Waals surface area contributed by atoms with E-state index in [1.165, 1.54) is 5.56 Å². The highest BCUT2D eigenvalue weighted by Gasteiger charge is 2.09. The first-order chi connectivity index (χ1) is 13.0. The lowest BCUT2D eigenvalue weighted by molar-refractivity contribution is 0.405. The van der Waals surface area contributed by atoms with E-state index in [1.54, 1.807) is 26.5 Å². The Hall–Kier alpha value is -3.28. The molecule has 0 aliphatic heterocycles. The van der Waals surface area contributed by atoms with E-state index in [-0.39, 0.29) is 0 Å². The summed E-state index contributed by atoms with van der Waals surface area (Å²) >= 11 is 0. The molecule has 0 aliphatic carbocycles. The molecule has 6 nitrogen and oxygen atoms in total. The zero-order valence-electron chi connectivity index (χ0n) is 16.3. The number of ether oxygens (including phenoxy) is 2. The van der Waals surface area contributed by atoms with Crippen LogP contribution in [0.15, 0.2) is 42.6 Å². The van der Waals surface area contributed by atoms with Crippen molar-refractivity contribution in [3.8, 4) is 11.5 Å². The third kappa shape index (κ3) is 4.28. The minimum absolute atomic E-state index is 0.525. The molecule has 0 radical (unpaired) electrons. The number of anilines is 4. The lowest BCUT2D eigenvalue weighted by Crippen LogP contribution is -2.03. The molecule has 0 bridgehead atoms. The molecular formula is C21H24N4O2. The van der Waals surface area contributed by atoms with E-state index in [2.05, 4.69) is 53.5 Å². The van der Waals surface area contributed by atoms with Gasteiger partial charge in [-0.05, 0) is 50.1 Å². The highest BCUT2D eigenvalue weighted by Crippen LogP contribution is 2.31. The van der Waals surface area contributed by atoms with Gasteiger partial charge in [0, 0.05) is 18.0 Å². The van der Waals surface area contributed by atoms with Crippen LogP contribution in [0.5, 0.6) is 11.5 Å². The van der Waals surface area contributed by atoms with E-state index in [0.717, 1.165) is 28.3 Å². The monoisotopic (exact) mass is 364 g/mol. The van der Waals surface area contributed by atoms with Crippen molar-refractivity contribution < 1.29 is 9.47 Å². The molecule has 0 unspecified atom stereocenters. The Bertz CT molecular complexity index is 934. The summed E-state index contributed by atoms with van der Waals surface area (Å²) in [6.45, 7) is 6.24. The van der Waals surface area contributed by atoms with Gasteiger partial charge in [0.25, 0.3) is 0 Å². The fourth-order valence-electron chi connectivity index (χ4n) is 3.03. The van der Waals surface area contributed by atoms with Gasteiger partial charge in [-0.2, -0.15) is 4.98 Å². The highest BCUT2D eigenvalue weighted by atomic mass is 16.5. The molecule has 1 heterocycles. The van der Waals surface area contributed by atoms with Gasteiger partial charge in [0.15, 0.2) is 0 Å². The Balaban J connectivity index is 1.87. The Labute approximate surface area is 159 Å². The predicted molar refractivity (Wildman–Crippen MR) is 109 cm³/mol. The van der Waals surface area contributed by atoms with Crippen molar-refractivity contribution in [1.82, 2.24) is 9.97 Å². The van der Waals surface area contributed by atoms with Crippen molar-refractivity contribution in [2.45, 2.75) is 20.8 Å². The number of aryl methyl sites for hydroxylation is 3. The van der Waals surface area contributed by atoms with E-state index < -0.39 is 0 Å². The zero-order valence-corrected chi connectivity index (χ0v) is 16.3. The molecule has 3 aromatic rings. The Kier molecular flexibility index (Phi) is 5.45. The van der Waals surface area contributed by atoms with Crippen LogP contribution in [-0.4, -0.2) is 24.2 Å². The van der Waals surface area contributed by atoms with Crippen LogP contribution in [0.25, 0.3) is 0 Å². The molecule has 2 aromatic carbocycles. The molecule has 140 valence electrons. The van der Waals surface area contributed by atoms with Crippen molar-refractivity contribution in [3.63, 3.8) is 0 Å². The molecule has 0 aliphatic rings. The molecule has 0 amide bonds. The molecule has 1 aromatic heterocycles. The summed E-state index contributed by atoms with van der Waals surface area (Å²) in [5.41, 5.74) is 5.34. The second kappa shape index (κ2) is 7.95. The summed E-state index contributed by atoms with van der Waals surface area (Å²) in [6.07, 6.45) is 1.71. The van der Waals surface area contributed by atoms with Crippen LogP contribution in [0.4, 0.5) is 23.1 Å². The maximum absolute atomic E-state index is 5.41. The lowest BCUT2D eigenvalue weighted by Gasteiger charge is -2.14. The van der Waals surface area contributed by atoms with Crippen LogP contribution in [0.1, 0.15) is 16.7 Å². The van der Waals surface area contributed by atoms with Gasteiger partial charge in [-0.15, -0.1) is 0 Å². The topological polar surface area (TPSA) is 68.3 Å². The van der Waals surface area contributed by atoms with E-state index >= 15 is 0 Å². The lowest BCUT2D eigenvalue weighted by atomic mass is 10.1. The van der Waals surface area contributed by atoms with Gasteiger partial charge in [0.1, 0.15) is 17.3 Å². The number of rotatable bonds is 6. The number of methoxy groups -OCH3 is 2. The van der Waals surface area contributed by atoms with E-state index in [4.69, 9.17) is 9.47 Å². The number of hydrogen-bond donors (Lipinski definition) is 2. The van der Waals surface area contributed by atoms with Gasteiger partial charge in [0.05, 0.1) is 19.9 Å². The van der Waals surface area contributed by atoms with Gasteiger partial charge in [-0.25, -0.2) is 4.98 Å². The molecular weight excluding hydrogens is 340 g/mol. The SMILES string of the molecule is COc1ccc(OC)c(Nc2ccnc(Nc3c(C)cc(C)cc3C)n2)c1. The van der Waals surface area contributed by atoms with Crippen LogP contribution in [0.3, 0.4) is 0 Å². The van der Waals surface area contributed by atoms with Crippen LogP contribution in [0.2, 0.25) is 0 Å². The summed E-state index contributed by atoms with van der Waals surface area (Å²) < 4.78 is 10.7. The molecule has 6 heteroatoms.